The van der Waals surface area contributed by atoms with E-state index >= 15 is 0 Å². The molecule has 0 saturated carbocycles. The first kappa shape index (κ1) is 21.2. The lowest BCUT2D eigenvalue weighted by molar-refractivity contribution is -0.147. The van der Waals surface area contributed by atoms with Gasteiger partial charge < -0.3 is 14.6 Å². The number of fused-ring (bicyclic) bond motifs is 2. The number of nitrogens with zero attached hydrogens (tertiary/aromatic N) is 7. The number of aromatic nitrogens is 6. The van der Waals surface area contributed by atoms with Gasteiger partial charge in [-0.2, -0.15) is 13.2 Å². The molecular weight excluding hydrogens is 463 g/mol. The van der Waals surface area contributed by atoms with E-state index in [-0.39, 0.29) is 25.5 Å². The van der Waals surface area contributed by atoms with Crippen molar-refractivity contribution in [2.45, 2.75) is 45.6 Å². The van der Waals surface area contributed by atoms with Crippen molar-refractivity contribution in [3.05, 3.63) is 33.7 Å². The number of thiophene rings is 1. The molecule has 1 aliphatic heterocycles. The molecule has 0 atom stereocenters. The van der Waals surface area contributed by atoms with Gasteiger partial charge in [-0.25, -0.2) is 15.0 Å². The van der Waals surface area contributed by atoms with Crippen molar-refractivity contribution < 1.29 is 18.3 Å². The van der Waals surface area contributed by atoms with Gasteiger partial charge in [0, 0.05) is 23.3 Å². The number of hydrogen-bond donors (Lipinski definition) is 1. The fourth-order valence-corrected chi connectivity index (χ4v) is 5.56. The van der Waals surface area contributed by atoms with Gasteiger partial charge in [-0.1, -0.05) is 13.3 Å². The molecule has 32 heavy (non-hydrogen) atoms. The number of anilines is 1. The molecule has 0 saturated heterocycles. The Bertz CT molecular complexity index is 1280. The molecule has 0 fully saturated rings. The van der Waals surface area contributed by atoms with Gasteiger partial charge in [-0.15, -0.1) is 32.9 Å². The standard InChI is InChI=1S/C19H18F3N7OS2/c1-2-3-11-6-12-15(24-14(25-16(12)32-11)17-23-10(8-30)9-31-17)28-4-5-29-13(7-28)26-27-18(29)19(20,21)22/h6,9,30H,2-5,7-8H2,1H3. The van der Waals surface area contributed by atoms with Gasteiger partial charge in [0.1, 0.15) is 10.6 Å². The zero-order valence-corrected chi connectivity index (χ0v) is 18.6. The van der Waals surface area contributed by atoms with Crippen molar-refractivity contribution in [1.82, 2.24) is 29.7 Å². The van der Waals surface area contributed by atoms with Crippen molar-refractivity contribution in [3.63, 3.8) is 0 Å². The summed E-state index contributed by atoms with van der Waals surface area (Å²) < 4.78 is 40.7. The van der Waals surface area contributed by atoms with Gasteiger partial charge in [-0.3, -0.25) is 0 Å². The summed E-state index contributed by atoms with van der Waals surface area (Å²) in [4.78, 5) is 17.7. The van der Waals surface area contributed by atoms with Gasteiger partial charge in [0.2, 0.25) is 5.82 Å². The molecule has 4 aromatic rings. The molecule has 13 heteroatoms. The summed E-state index contributed by atoms with van der Waals surface area (Å²) in [5.74, 6) is 0.357. The smallest absolute Gasteiger partial charge is 0.390 e. The van der Waals surface area contributed by atoms with Crippen LogP contribution < -0.4 is 4.90 Å². The summed E-state index contributed by atoms with van der Waals surface area (Å²) in [6, 6.07) is 2.06. The van der Waals surface area contributed by atoms with Gasteiger partial charge in [0.15, 0.2) is 16.7 Å². The second-order valence-corrected chi connectivity index (χ2v) is 9.34. The van der Waals surface area contributed by atoms with Crippen molar-refractivity contribution in [3.8, 4) is 10.8 Å². The number of aliphatic hydroxyl groups excluding tert-OH is 1. The van der Waals surface area contributed by atoms with Gasteiger partial charge >= 0.3 is 6.18 Å². The van der Waals surface area contributed by atoms with Crippen molar-refractivity contribution >= 4 is 38.7 Å². The zero-order valence-electron chi connectivity index (χ0n) is 16.9. The molecule has 1 aliphatic rings. The van der Waals surface area contributed by atoms with Crippen LogP contribution in [0.3, 0.4) is 0 Å². The summed E-state index contributed by atoms with van der Waals surface area (Å²) in [7, 11) is 0. The van der Waals surface area contributed by atoms with Crippen LogP contribution >= 0.6 is 22.7 Å². The number of aryl methyl sites for hydroxylation is 1. The SMILES string of the molecule is CCCc1cc2c(N3CCn4c(nnc4C(F)(F)F)C3)nc(-c3nc(CO)cs3)nc2s1. The van der Waals surface area contributed by atoms with E-state index in [1.54, 1.807) is 16.7 Å². The Labute approximate surface area is 188 Å². The van der Waals surface area contributed by atoms with Crippen LogP contribution in [-0.2, 0) is 32.3 Å². The van der Waals surface area contributed by atoms with Gasteiger partial charge in [0.05, 0.1) is 24.2 Å². The van der Waals surface area contributed by atoms with Crippen LogP contribution in [0.4, 0.5) is 19.0 Å². The summed E-state index contributed by atoms with van der Waals surface area (Å²) in [6.45, 7) is 2.53. The number of alkyl halides is 3. The molecule has 0 bridgehead atoms. The Hall–Kier alpha value is -2.64. The maximum atomic E-state index is 13.2. The molecule has 1 N–H and O–H groups in total. The average molecular weight is 482 g/mol. The van der Waals surface area contributed by atoms with Crippen molar-refractivity contribution in [2.24, 2.45) is 0 Å². The lowest BCUT2D eigenvalue weighted by Gasteiger charge is -2.29. The number of halogens is 3. The Morgan fingerprint density at radius 3 is 2.72 bits per heavy atom. The lowest BCUT2D eigenvalue weighted by Crippen LogP contribution is -2.36. The molecular formula is C19H18F3N7OS2. The predicted molar refractivity (Wildman–Crippen MR) is 115 cm³/mol. The molecule has 8 nitrogen and oxygen atoms in total. The highest BCUT2D eigenvalue weighted by Gasteiger charge is 2.39. The first-order valence-corrected chi connectivity index (χ1v) is 11.7. The third-order valence-corrected chi connectivity index (χ3v) is 7.11. The zero-order chi connectivity index (χ0) is 22.5. The highest BCUT2D eigenvalue weighted by molar-refractivity contribution is 7.18. The number of thiazole rings is 1. The van der Waals surface area contributed by atoms with E-state index in [4.69, 9.17) is 9.97 Å². The van der Waals surface area contributed by atoms with Crippen LogP contribution in [0.25, 0.3) is 21.0 Å². The quantitative estimate of drug-likeness (QED) is 0.462. The number of aliphatic hydroxyl groups is 1. The second-order valence-electron chi connectivity index (χ2n) is 7.37. The third-order valence-electron chi connectivity index (χ3n) is 5.13. The van der Waals surface area contributed by atoms with Crippen molar-refractivity contribution in [2.75, 3.05) is 11.4 Å². The molecule has 0 spiro atoms. The Morgan fingerprint density at radius 1 is 1.16 bits per heavy atom. The second kappa shape index (κ2) is 8.05. The monoisotopic (exact) mass is 481 g/mol. The average Bonchev–Trinajstić information content (AvgIpc) is 3.49. The summed E-state index contributed by atoms with van der Waals surface area (Å²) in [5.41, 5.74) is 0.541. The maximum Gasteiger partial charge on any atom is 0.451 e. The van der Waals surface area contributed by atoms with E-state index in [1.165, 1.54) is 16.2 Å². The Balaban J connectivity index is 1.58. The minimum Gasteiger partial charge on any atom is -0.390 e. The van der Waals surface area contributed by atoms with E-state index in [0.29, 0.717) is 28.9 Å². The molecule has 5 heterocycles. The number of hydrogen-bond acceptors (Lipinski definition) is 9. The first-order valence-electron chi connectivity index (χ1n) is 9.97. The van der Waals surface area contributed by atoms with Crippen LogP contribution in [0, 0.1) is 0 Å². The van der Waals surface area contributed by atoms with E-state index in [1.807, 2.05) is 4.90 Å². The molecule has 5 rings (SSSR count). The van der Waals surface area contributed by atoms with Crippen LogP contribution in [0.5, 0.6) is 0 Å². The highest BCUT2D eigenvalue weighted by atomic mass is 32.1. The summed E-state index contributed by atoms with van der Waals surface area (Å²) in [6.07, 6.45) is -2.65. The maximum absolute atomic E-state index is 13.2. The minimum absolute atomic E-state index is 0.107. The Morgan fingerprint density at radius 2 is 2.00 bits per heavy atom. The predicted octanol–water partition coefficient (Wildman–Crippen LogP) is 3.89. The van der Waals surface area contributed by atoms with Crippen LogP contribution in [-0.4, -0.2) is 41.4 Å². The normalized spacial score (nSPS) is 14.3. The fourth-order valence-electron chi connectivity index (χ4n) is 3.69. The van der Waals surface area contributed by atoms with E-state index in [2.05, 4.69) is 28.2 Å². The number of rotatable bonds is 5. The molecule has 0 aliphatic carbocycles. The molecule has 4 aromatic heterocycles. The van der Waals surface area contributed by atoms with Crippen molar-refractivity contribution in [1.29, 1.82) is 0 Å². The molecule has 0 unspecified atom stereocenters. The van der Waals surface area contributed by atoms with E-state index in [0.717, 1.165) is 27.6 Å². The molecule has 0 radical (unpaired) electrons. The first-order chi connectivity index (χ1) is 15.4. The fraction of sp³-hybridized carbons (Fsp3) is 0.421. The summed E-state index contributed by atoms with van der Waals surface area (Å²) in [5, 5.41) is 19.7. The largest absolute Gasteiger partial charge is 0.451 e. The molecule has 0 aromatic carbocycles. The highest BCUT2D eigenvalue weighted by Crippen LogP contribution is 2.36. The Kier molecular flexibility index (Phi) is 5.34. The molecule has 168 valence electrons. The lowest BCUT2D eigenvalue weighted by atomic mass is 10.2. The van der Waals surface area contributed by atoms with E-state index in [9.17, 15) is 18.3 Å². The topological polar surface area (TPSA) is 92.9 Å². The van der Waals surface area contributed by atoms with Crippen LogP contribution in [0.15, 0.2) is 11.4 Å². The van der Waals surface area contributed by atoms with Crippen LogP contribution in [0.1, 0.15) is 35.6 Å². The minimum atomic E-state index is -4.54. The van der Waals surface area contributed by atoms with Crippen LogP contribution in [0.2, 0.25) is 0 Å². The van der Waals surface area contributed by atoms with Gasteiger partial charge in [0.25, 0.3) is 0 Å². The molecule has 0 amide bonds. The summed E-state index contributed by atoms with van der Waals surface area (Å²) >= 11 is 2.92. The van der Waals surface area contributed by atoms with E-state index < -0.39 is 12.0 Å². The van der Waals surface area contributed by atoms with Gasteiger partial charge in [-0.05, 0) is 12.5 Å². The third kappa shape index (κ3) is 3.73.